The Morgan fingerprint density at radius 3 is 2.48 bits per heavy atom. The van der Waals surface area contributed by atoms with Crippen molar-refractivity contribution in [2.45, 2.75) is 12.8 Å². The van der Waals surface area contributed by atoms with Crippen LogP contribution in [0.5, 0.6) is 17.2 Å². The molecule has 4 rings (SSSR count). The average molecular weight is 368 g/mol. The summed E-state index contributed by atoms with van der Waals surface area (Å²) < 4.78 is 15.9. The minimum atomic E-state index is 0.210. The number of rotatable bonds is 5. The third kappa shape index (κ3) is 3.94. The van der Waals surface area contributed by atoms with Crippen LogP contribution >= 0.6 is 0 Å². The molecule has 0 N–H and O–H groups in total. The van der Waals surface area contributed by atoms with Gasteiger partial charge >= 0.3 is 0 Å². The molecule has 2 aromatic rings. The van der Waals surface area contributed by atoms with Crippen molar-refractivity contribution < 1.29 is 19.0 Å². The summed E-state index contributed by atoms with van der Waals surface area (Å²) in [6.07, 6.45) is 1.23. The standard InChI is InChI=1S/C21H24N2O4/c1-25-18-6-4-17(5-7-18)22-10-12-23(13-11-22)21(24)9-3-16-2-8-19-20(14-16)27-15-26-19/h2,4-8,14H,3,9-13,15H2,1H3. The highest BCUT2D eigenvalue weighted by Gasteiger charge is 2.21. The van der Waals surface area contributed by atoms with Gasteiger partial charge in [0.2, 0.25) is 12.7 Å². The summed E-state index contributed by atoms with van der Waals surface area (Å²) in [6, 6.07) is 14.0. The number of aryl methyl sites for hydroxylation is 1. The van der Waals surface area contributed by atoms with E-state index in [9.17, 15) is 4.79 Å². The van der Waals surface area contributed by atoms with Crippen LogP contribution in [-0.4, -0.2) is 50.9 Å². The van der Waals surface area contributed by atoms with Crippen LogP contribution in [0, 0.1) is 0 Å². The summed E-state index contributed by atoms with van der Waals surface area (Å²) in [5.41, 5.74) is 2.27. The van der Waals surface area contributed by atoms with Crippen LogP contribution < -0.4 is 19.1 Å². The number of methoxy groups -OCH3 is 1. The van der Waals surface area contributed by atoms with Crippen molar-refractivity contribution in [2.75, 3.05) is 45.0 Å². The fraction of sp³-hybridized carbons (Fsp3) is 0.381. The van der Waals surface area contributed by atoms with Gasteiger partial charge < -0.3 is 24.0 Å². The number of amides is 1. The van der Waals surface area contributed by atoms with E-state index in [1.807, 2.05) is 35.2 Å². The number of ether oxygens (including phenoxy) is 3. The largest absolute Gasteiger partial charge is 0.497 e. The van der Waals surface area contributed by atoms with Gasteiger partial charge in [0.15, 0.2) is 11.5 Å². The number of fused-ring (bicyclic) bond motifs is 1. The number of piperazine rings is 1. The molecule has 1 saturated heterocycles. The second-order valence-electron chi connectivity index (χ2n) is 6.75. The molecule has 27 heavy (non-hydrogen) atoms. The molecule has 2 aliphatic heterocycles. The molecule has 6 nitrogen and oxygen atoms in total. The van der Waals surface area contributed by atoms with Gasteiger partial charge in [-0.05, 0) is 48.4 Å². The van der Waals surface area contributed by atoms with Crippen molar-refractivity contribution in [2.24, 2.45) is 0 Å². The lowest BCUT2D eigenvalue weighted by molar-refractivity contribution is -0.131. The highest BCUT2D eigenvalue weighted by atomic mass is 16.7. The Balaban J connectivity index is 1.27. The van der Waals surface area contributed by atoms with Crippen LogP contribution in [0.1, 0.15) is 12.0 Å². The first-order valence-electron chi connectivity index (χ1n) is 9.28. The Hall–Kier alpha value is -2.89. The Morgan fingerprint density at radius 2 is 1.74 bits per heavy atom. The predicted molar refractivity (Wildman–Crippen MR) is 103 cm³/mol. The number of anilines is 1. The zero-order chi connectivity index (χ0) is 18.6. The zero-order valence-corrected chi connectivity index (χ0v) is 15.5. The van der Waals surface area contributed by atoms with Crippen LogP contribution in [0.25, 0.3) is 0 Å². The maximum absolute atomic E-state index is 12.6. The molecule has 2 aromatic carbocycles. The van der Waals surface area contributed by atoms with Crippen LogP contribution in [0.4, 0.5) is 5.69 Å². The third-order valence-corrected chi connectivity index (χ3v) is 5.13. The molecule has 6 heteroatoms. The quantitative estimate of drug-likeness (QED) is 0.812. The highest BCUT2D eigenvalue weighted by molar-refractivity contribution is 5.77. The lowest BCUT2D eigenvalue weighted by Crippen LogP contribution is -2.48. The van der Waals surface area contributed by atoms with Gasteiger partial charge in [-0.3, -0.25) is 4.79 Å². The van der Waals surface area contributed by atoms with Gasteiger partial charge in [-0.15, -0.1) is 0 Å². The number of carbonyl (C=O) groups excluding carboxylic acids is 1. The zero-order valence-electron chi connectivity index (χ0n) is 15.5. The van der Waals surface area contributed by atoms with Crippen molar-refractivity contribution in [3.05, 3.63) is 48.0 Å². The van der Waals surface area contributed by atoms with Gasteiger partial charge in [0.05, 0.1) is 7.11 Å². The van der Waals surface area contributed by atoms with Gasteiger partial charge in [-0.1, -0.05) is 6.07 Å². The van der Waals surface area contributed by atoms with Crippen LogP contribution in [0.3, 0.4) is 0 Å². The number of hydrogen-bond donors (Lipinski definition) is 0. The van der Waals surface area contributed by atoms with E-state index in [1.54, 1.807) is 7.11 Å². The van der Waals surface area contributed by atoms with Crippen molar-refractivity contribution in [1.82, 2.24) is 4.90 Å². The topological polar surface area (TPSA) is 51.2 Å². The molecule has 2 heterocycles. The van der Waals surface area contributed by atoms with E-state index in [-0.39, 0.29) is 12.7 Å². The smallest absolute Gasteiger partial charge is 0.231 e. The Labute approximate surface area is 159 Å². The summed E-state index contributed by atoms with van der Waals surface area (Å²) in [5.74, 6) is 2.62. The lowest BCUT2D eigenvalue weighted by atomic mass is 10.1. The molecular weight excluding hydrogens is 344 g/mol. The molecule has 142 valence electrons. The van der Waals surface area contributed by atoms with Gasteiger partial charge in [0, 0.05) is 38.3 Å². The van der Waals surface area contributed by atoms with Crippen molar-refractivity contribution in [3.63, 3.8) is 0 Å². The van der Waals surface area contributed by atoms with Crippen molar-refractivity contribution in [3.8, 4) is 17.2 Å². The predicted octanol–water partition coefficient (Wildman–Crippen LogP) is 2.71. The fourth-order valence-corrected chi connectivity index (χ4v) is 3.51. The molecule has 1 amide bonds. The Kier molecular flexibility index (Phi) is 5.05. The van der Waals surface area contributed by atoms with Gasteiger partial charge in [-0.25, -0.2) is 0 Å². The normalized spacial score (nSPS) is 15.7. The SMILES string of the molecule is COc1ccc(N2CCN(C(=O)CCc3ccc4c(c3)OCO4)CC2)cc1. The Morgan fingerprint density at radius 1 is 1.00 bits per heavy atom. The number of nitrogens with zero attached hydrogens (tertiary/aromatic N) is 2. The van der Waals surface area contributed by atoms with Crippen LogP contribution in [-0.2, 0) is 11.2 Å². The molecule has 0 atom stereocenters. The molecule has 1 fully saturated rings. The maximum Gasteiger partial charge on any atom is 0.231 e. The molecule has 2 aliphatic rings. The van der Waals surface area contributed by atoms with E-state index in [0.717, 1.165) is 49.0 Å². The summed E-state index contributed by atoms with van der Waals surface area (Å²) in [6.45, 7) is 3.48. The van der Waals surface area contributed by atoms with Crippen molar-refractivity contribution >= 4 is 11.6 Å². The van der Waals surface area contributed by atoms with Crippen LogP contribution in [0.2, 0.25) is 0 Å². The first-order chi connectivity index (χ1) is 13.2. The molecule has 0 saturated carbocycles. The fourth-order valence-electron chi connectivity index (χ4n) is 3.51. The number of carbonyl (C=O) groups is 1. The van der Waals surface area contributed by atoms with Gasteiger partial charge in [0.1, 0.15) is 5.75 Å². The van der Waals surface area contributed by atoms with Gasteiger partial charge in [-0.2, -0.15) is 0 Å². The molecule has 0 bridgehead atoms. The second kappa shape index (κ2) is 7.78. The maximum atomic E-state index is 12.6. The average Bonchev–Trinajstić information content (AvgIpc) is 3.20. The second-order valence-corrected chi connectivity index (χ2v) is 6.75. The van der Waals surface area contributed by atoms with Gasteiger partial charge in [0.25, 0.3) is 0 Å². The first-order valence-corrected chi connectivity index (χ1v) is 9.28. The minimum Gasteiger partial charge on any atom is -0.497 e. The molecule has 0 radical (unpaired) electrons. The van der Waals surface area contributed by atoms with E-state index >= 15 is 0 Å². The number of hydrogen-bond acceptors (Lipinski definition) is 5. The summed E-state index contributed by atoms with van der Waals surface area (Å²) in [7, 11) is 1.67. The first kappa shape index (κ1) is 17.5. The van der Waals surface area contributed by atoms with Crippen LogP contribution in [0.15, 0.2) is 42.5 Å². The summed E-state index contributed by atoms with van der Waals surface area (Å²) >= 11 is 0. The monoisotopic (exact) mass is 368 g/mol. The summed E-state index contributed by atoms with van der Waals surface area (Å²) in [4.78, 5) is 16.8. The summed E-state index contributed by atoms with van der Waals surface area (Å²) in [5, 5.41) is 0. The molecule has 0 aliphatic carbocycles. The Bertz CT molecular complexity index is 798. The molecular formula is C21H24N2O4. The van der Waals surface area contributed by atoms with Crippen molar-refractivity contribution in [1.29, 1.82) is 0 Å². The van der Waals surface area contributed by atoms with E-state index in [2.05, 4.69) is 17.0 Å². The third-order valence-electron chi connectivity index (χ3n) is 5.13. The highest BCUT2D eigenvalue weighted by Crippen LogP contribution is 2.32. The number of benzene rings is 2. The van der Waals surface area contributed by atoms with E-state index < -0.39 is 0 Å². The van der Waals surface area contributed by atoms with E-state index in [4.69, 9.17) is 14.2 Å². The lowest BCUT2D eigenvalue weighted by Gasteiger charge is -2.36. The minimum absolute atomic E-state index is 0.210. The molecule has 0 spiro atoms. The van der Waals surface area contributed by atoms with E-state index in [0.29, 0.717) is 12.8 Å². The molecule has 0 aromatic heterocycles. The molecule has 0 unspecified atom stereocenters. The van der Waals surface area contributed by atoms with E-state index in [1.165, 1.54) is 5.69 Å².